The van der Waals surface area contributed by atoms with Crippen molar-refractivity contribution in [1.82, 2.24) is 10.2 Å². The lowest BCUT2D eigenvalue weighted by atomic mass is 10.1. The Hall–Kier alpha value is -2.74. The fourth-order valence-electron chi connectivity index (χ4n) is 2.52. The monoisotopic (exact) mass is 347 g/mol. The molecule has 8 nitrogen and oxygen atoms in total. The highest BCUT2D eigenvalue weighted by Gasteiger charge is 2.15. The van der Waals surface area contributed by atoms with Crippen LogP contribution in [-0.4, -0.2) is 41.9 Å². The second kappa shape index (κ2) is 8.39. The third-order valence-electron chi connectivity index (χ3n) is 4.00. The number of hydrogen-bond donors (Lipinski definition) is 1. The van der Waals surface area contributed by atoms with E-state index in [1.807, 2.05) is 0 Å². The lowest BCUT2D eigenvalue weighted by Crippen LogP contribution is -2.32. The van der Waals surface area contributed by atoms with Crippen LogP contribution in [0.2, 0.25) is 0 Å². The van der Waals surface area contributed by atoms with Crippen LogP contribution < -0.4 is 10.9 Å². The van der Waals surface area contributed by atoms with Gasteiger partial charge < -0.3 is 14.6 Å². The summed E-state index contributed by atoms with van der Waals surface area (Å²) in [5, 5.41) is 13.9. The van der Waals surface area contributed by atoms with Gasteiger partial charge in [0.25, 0.3) is 11.6 Å². The quantitative estimate of drug-likeness (QED) is 0.339. The lowest BCUT2D eigenvalue weighted by Gasteiger charge is -2.17. The highest BCUT2D eigenvalue weighted by atomic mass is 16.6. The zero-order valence-corrected chi connectivity index (χ0v) is 14.3. The van der Waals surface area contributed by atoms with Crippen molar-refractivity contribution >= 4 is 22.6 Å². The molecule has 1 aromatic carbocycles. The molecule has 0 radical (unpaired) electrons. The maximum absolute atomic E-state index is 12.2. The highest BCUT2D eigenvalue weighted by Crippen LogP contribution is 2.20. The van der Waals surface area contributed by atoms with E-state index in [0.29, 0.717) is 11.9 Å². The SMILES string of the molecule is CCN(CC)CCCNC(=O)c1cc2cc([N+](=O)[O-])ccc2oc1=O. The number of nitro groups is 1. The zero-order chi connectivity index (χ0) is 18.4. The van der Waals surface area contributed by atoms with E-state index in [0.717, 1.165) is 26.1 Å². The van der Waals surface area contributed by atoms with Crippen LogP contribution in [0.1, 0.15) is 30.6 Å². The number of nitrogens with zero attached hydrogens (tertiary/aromatic N) is 2. The first-order chi connectivity index (χ1) is 12.0. The molecule has 0 fully saturated rings. The van der Waals surface area contributed by atoms with Crippen molar-refractivity contribution < 1.29 is 14.1 Å². The Balaban J connectivity index is 2.10. The van der Waals surface area contributed by atoms with Crippen LogP contribution in [0.4, 0.5) is 5.69 Å². The summed E-state index contributed by atoms with van der Waals surface area (Å²) >= 11 is 0. The van der Waals surface area contributed by atoms with E-state index in [-0.39, 0.29) is 16.8 Å². The van der Waals surface area contributed by atoms with Crippen molar-refractivity contribution in [1.29, 1.82) is 0 Å². The van der Waals surface area contributed by atoms with E-state index >= 15 is 0 Å². The highest BCUT2D eigenvalue weighted by molar-refractivity contribution is 5.96. The molecule has 0 saturated heterocycles. The Kier molecular flexibility index (Phi) is 6.24. The van der Waals surface area contributed by atoms with Gasteiger partial charge in [-0.2, -0.15) is 0 Å². The topological polar surface area (TPSA) is 106 Å². The van der Waals surface area contributed by atoms with Crippen LogP contribution in [0, 0.1) is 10.1 Å². The molecular formula is C17H21N3O5. The van der Waals surface area contributed by atoms with Crippen molar-refractivity contribution in [2.45, 2.75) is 20.3 Å². The molecule has 1 heterocycles. The van der Waals surface area contributed by atoms with Gasteiger partial charge in [-0.15, -0.1) is 0 Å². The maximum atomic E-state index is 12.2. The normalized spacial score (nSPS) is 11.0. The second-order valence-electron chi connectivity index (χ2n) is 5.56. The molecule has 1 amide bonds. The van der Waals surface area contributed by atoms with E-state index < -0.39 is 16.5 Å². The first-order valence-electron chi connectivity index (χ1n) is 8.19. The van der Waals surface area contributed by atoms with Crippen LogP contribution in [0.3, 0.4) is 0 Å². The average Bonchev–Trinajstić information content (AvgIpc) is 2.60. The number of carbonyl (C=O) groups excluding carboxylic acids is 1. The van der Waals surface area contributed by atoms with Gasteiger partial charge >= 0.3 is 5.63 Å². The van der Waals surface area contributed by atoms with Gasteiger partial charge in [-0.1, -0.05) is 13.8 Å². The van der Waals surface area contributed by atoms with Crippen molar-refractivity contribution in [3.63, 3.8) is 0 Å². The van der Waals surface area contributed by atoms with E-state index in [1.54, 1.807) is 0 Å². The molecule has 8 heteroatoms. The zero-order valence-electron chi connectivity index (χ0n) is 14.3. The van der Waals surface area contributed by atoms with E-state index in [4.69, 9.17) is 4.42 Å². The molecule has 1 N–H and O–H groups in total. The molecule has 0 saturated carbocycles. The second-order valence-corrected chi connectivity index (χ2v) is 5.56. The Bertz CT molecular complexity index is 827. The molecule has 0 aliphatic heterocycles. The molecule has 0 atom stereocenters. The van der Waals surface area contributed by atoms with Crippen LogP contribution in [0.5, 0.6) is 0 Å². The third kappa shape index (κ3) is 4.63. The molecule has 0 aliphatic rings. The number of amides is 1. The number of carbonyl (C=O) groups is 1. The van der Waals surface area contributed by atoms with E-state index in [2.05, 4.69) is 24.1 Å². The van der Waals surface area contributed by atoms with Crippen LogP contribution in [0.25, 0.3) is 11.0 Å². The Morgan fingerprint density at radius 2 is 2.00 bits per heavy atom. The van der Waals surface area contributed by atoms with Gasteiger partial charge in [-0.05, 0) is 38.2 Å². The molecular weight excluding hydrogens is 326 g/mol. The minimum absolute atomic E-state index is 0.132. The fraction of sp³-hybridized carbons (Fsp3) is 0.412. The molecule has 0 aliphatic carbocycles. The van der Waals surface area contributed by atoms with Gasteiger partial charge in [0.05, 0.1) is 4.92 Å². The molecule has 1 aromatic heterocycles. The summed E-state index contributed by atoms with van der Waals surface area (Å²) in [6, 6.07) is 5.20. The van der Waals surface area contributed by atoms with E-state index in [1.165, 1.54) is 24.3 Å². The summed E-state index contributed by atoms with van der Waals surface area (Å²) in [4.78, 5) is 36.7. The molecule has 134 valence electrons. The number of rotatable bonds is 8. The summed E-state index contributed by atoms with van der Waals surface area (Å²) in [6.45, 7) is 7.31. The standard InChI is InChI=1S/C17H21N3O5/c1-3-19(4-2)9-5-8-18-16(21)14-11-12-10-13(20(23)24)6-7-15(12)25-17(14)22/h6-7,10-11H,3-5,8-9H2,1-2H3,(H,18,21). The van der Waals surface area contributed by atoms with Gasteiger partial charge in [0.2, 0.25) is 0 Å². The van der Waals surface area contributed by atoms with Gasteiger partial charge in [-0.3, -0.25) is 14.9 Å². The van der Waals surface area contributed by atoms with Gasteiger partial charge in [0.15, 0.2) is 0 Å². The Morgan fingerprint density at radius 3 is 2.64 bits per heavy atom. The van der Waals surface area contributed by atoms with Crippen LogP contribution >= 0.6 is 0 Å². The first kappa shape index (κ1) is 18.6. The summed E-state index contributed by atoms with van der Waals surface area (Å²) in [6.07, 6.45) is 0.762. The summed E-state index contributed by atoms with van der Waals surface area (Å²) in [5.74, 6) is -0.540. The minimum atomic E-state index is -0.761. The third-order valence-corrected chi connectivity index (χ3v) is 4.00. The average molecular weight is 347 g/mol. The molecule has 25 heavy (non-hydrogen) atoms. The summed E-state index contributed by atoms with van der Waals surface area (Å²) < 4.78 is 5.08. The summed E-state index contributed by atoms with van der Waals surface area (Å²) in [5.41, 5.74) is -0.848. The molecule has 2 rings (SSSR count). The van der Waals surface area contributed by atoms with Gasteiger partial charge in [0.1, 0.15) is 11.1 Å². The van der Waals surface area contributed by atoms with Gasteiger partial charge in [-0.25, -0.2) is 4.79 Å². The first-order valence-corrected chi connectivity index (χ1v) is 8.19. The Labute approximate surface area is 144 Å². The van der Waals surface area contributed by atoms with Crippen molar-refractivity contribution in [2.24, 2.45) is 0 Å². The minimum Gasteiger partial charge on any atom is -0.422 e. The number of benzene rings is 1. The molecule has 0 bridgehead atoms. The largest absolute Gasteiger partial charge is 0.422 e. The van der Waals surface area contributed by atoms with Gasteiger partial charge in [0, 0.05) is 24.1 Å². The van der Waals surface area contributed by atoms with Crippen LogP contribution in [-0.2, 0) is 0 Å². The molecule has 2 aromatic rings. The number of nitrogens with one attached hydrogen (secondary N) is 1. The lowest BCUT2D eigenvalue weighted by molar-refractivity contribution is -0.384. The summed E-state index contributed by atoms with van der Waals surface area (Å²) in [7, 11) is 0. The maximum Gasteiger partial charge on any atom is 0.349 e. The van der Waals surface area contributed by atoms with Crippen molar-refractivity contribution in [3.8, 4) is 0 Å². The number of hydrogen-bond acceptors (Lipinski definition) is 6. The van der Waals surface area contributed by atoms with Crippen LogP contribution in [0.15, 0.2) is 33.5 Å². The number of nitro benzene ring substituents is 1. The number of fused-ring (bicyclic) bond motifs is 1. The van der Waals surface area contributed by atoms with Crippen molar-refractivity contribution in [3.05, 3.63) is 50.4 Å². The van der Waals surface area contributed by atoms with Crippen molar-refractivity contribution in [2.75, 3.05) is 26.2 Å². The Morgan fingerprint density at radius 1 is 1.28 bits per heavy atom. The predicted molar refractivity (Wildman–Crippen MR) is 93.9 cm³/mol. The van der Waals surface area contributed by atoms with E-state index in [9.17, 15) is 19.7 Å². The fourth-order valence-corrected chi connectivity index (χ4v) is 2.52. The smallest absolute Gasteiger partial charge is 0.349 e. The molecule has 0 unspecified atom stereocenters. The predicted octanol–water partition coefficient (Wildman–Crippen LogP) is 2.16. The number of non-ortho nitro benzene ring substituents is 1. The molecule has 0 spiro atoms.